The van der Waals surface area contributed by atoms with Crippen LogP contribution in [0.25, 0.3) is 0 Å². The molecule has 0 aromatic heterocycles. The molecule has 0 radical (unpaired) electrons. The van der Waals surface area contributed by atoms with E-state index in [-0.39, 0.29) is 10.9 Å². The third kappa shape index (κ3) is 4.09. The second kappa shape index (κ2) is 5.14. The molecule has 0 amide bonds. The first-order valence-electron chi connectivity index (χ1n) is 4.57. The fraction of sp³-hybridized carbons (Fsp3) is 0.400. The molecule has 90 valence electrons. The van der Waals surface area contributed by atoms with E-state index in [1.165, 1.54) is 12.1 Å². The van der Waals surface area contributed by atoms with Crippen LogP contribution < -0.4 is 5.73 Å². The van der Waals surface area contributed by atoms with Gasteiger partial charge in [0.05, 0.1) is 4.47 Å². The first-order chi connectivity index (χ1) is 7.29. The molecule has 1 rings (SSSR count). The molecule has 0 saturated carbocycles. The third-order valence-electron chi connectivity index (χ3n) is 2.11. The number of halogens is 5. The molecule has 0 aliphatic carbocycles. The van der Waals surface area contributed by atoms with E-state index in [1.54, 1.807) is 0 Å². The van der Waals surface area contributed by atoms with Gasteiger partial charge in [0, 0.05) is 12.5 Å². The predicted molar refractivity (Wildman–Crippen MR) is 56.3 cm³/mol. The van der Waals surface area contributed by atoms with Crippen LogP contribution >= 0.6 is 15.9 Å². The highest BCUT2D eigenvalue weighted by molar-refractivity contribution is 9.10. The molecule has 0 aliphatic rings. The zero-order valence-electron chi connectivity index (χ0n) is 8.19. The van der Waals surface area contributed by atoms with Crippen LogP contribution in [0.5, 0.6) is 0 Å². The summed E-state index contributed by atoms with van der Waals surface area (Å²) < 4.78 is 49.2. The van der Waals surface area contributed by atoms with Gasteiger partial charge in [-0.3, -0.25) is 0 Å². The maximum Gasteiger partial charge on any atom is 0.389 e. The van der Waals surface area contributed by atoms with Crippen LogP contribution in [-0.2, 0) is 0 Å². The van der Waals surface area contributed by atoms with Gasteiger partial charge in [0.15, 0.2) is 0 Å². The highest BCUT2D eigenvalue weighted by Gasteiger charge is 2.27. The molecule has 2 N–H and O–H groups in total. The lowest BCUT2D eigenvalue weighted by atomic mass is 10.0. The molecular formula is C10H10BrF4N. The molecule has 0 bridgehead atoms. The zero-order chi connectivity index (χ0) is 12.3. The van der Waals surface area contributed by atoms with Gasteiger partial charge >= 0.3 is 6.18 Å². The molecule has 0 saturated heterocycles. The Morgan fingerprint density at radius 1 is 1.31 bits per heavy atom. The number of nitrogens with two attached hydrogens (primary N) is 1. The van der Waals surface area contributed by atoms with Crippen molar-refractivity contribution in [3.63, 3.8) is 0 Å². The quantitative estimate of drug-likeness (QED) is 0.841. The average molecular weight is 300 g/mol. The van der Waals surface area contributed by atoms with Gasteiger partial charge in [0.2, 0.25) is 0 Å². The van der Waals surface area contributed by atoms with E-state index < -0.39 is 24.5 Å². The van der Waals surface area contributed by atoms with Crippen molar-refractivity contribution in [3.05, 3.63) is 34.1 Å². The van der Waals surface area contributed by atoms with Crippen LogP contribution in [0, 0.1) is 5.82 Å². The van der Waals surface area contributed by atoms with Gasteiger partial charge in [-0.15, -0.1) is 0 Å². The Kier molecular flexibility index (Phi) is 4.32. The Hall–Kier alpha value is -0.620. The summed E-state index contributed by atoms with van der Waals surface area (Å²) in [6.45, 7) is 0. The van der Waals surface area contributed by atoms with E-state index in [4.69, 9.17) is 5.73 Å². The lowest BCUT2D eigenvalue weighted by molar-refractivity contribution is -0.136. The summed E-state index contributed by atoms with van der Waals surface area (Å²) in [5.74, 6) is -0.528. The van der Waals surface area contributed by atoms with E-state index in [1.807, 2.05) is 0 Å². The largest absolute Gasteiger partial charge is 0.389 e. The lowest BCUT2D eigenvalue weighted by Gasteiger charge is -2.13. The Morgan fingerprint density at radius 3 is 2.44 bits per heavy atom. The fourth-order valence-electron chi connectivity index (χ4n) is 1.23. The molecule has 1 aromatic rings. The summed E-state index contributed by atoms with van der Waals surface area (Å²) in [6, 6.07) is 3.28. The number of alkyl halides is 3. The minimum Gasteiger partial charge on any atom is -0.324 e. The molecule has 0 aliphatic heterocycles. The molecule has 16 heavy (non-hydrogen) atoms. The molecule has 6 heteroatoms. The van der Waals surface area contributed by atoms with Gasteiger partial charge in [-0.25, -0.2) is 4.39 Å². The van der Waals surface area contributed by atoms with Gasteiger partial charge in [-0.2, -0.15) is 13.2 Å². The van der Waals surface area contributed by atoms with E-state index in [9.17, 15) is 17.6 Å². The lowest BCUT2D eigenvalue weighted by Crippen LogP contribution is -2.15. The van der Waals surface area contributed by atoms with Crippen molar-refractivity contribution < 1.29 is 17.6 Å². The molecule has 1 nitrogen and oxygen atoms in total. The van der Waals surface area contributed by atoms with Gasteiger partial charge in [0.1, 0.15) is 5.82 Å². The zero-order valence-corrected chi connectivity index (χ0v) is 9.78. The maximum atomic E-state index is 13.1. The van der Waals surface area contributed by atoms with Crippen molar-refractivity contribution in [2.75, 3.05) is 0 Å². The number of benzene rings is 1. The highest BCUT2D eigenvalue weighted by atomic mass is 79.9. The minimum absolute atomic E-state index is 0.245. The first-order valence-corrected chi connectivity index (χ1v) is 5.36. The molecule has 0 heterocycles. The smallest absolute Gasteiger partial charge is 0.324 e. The summed E-state index contributed by atoms with van der Waals surface area (Å²) in [5.41, 5.74) is 5.90. The molecule has 1 aromatic carbocycles. The van der Waals surface area contributed by atoms with Crippen LogP contribution in [0.1, 0.15) is 24.4 Å². The summed E-state index contributed by atoms with van der Waals surface area (Å²) in [7, 11) is 0. The Labute approximate surface area is 98.8 Å². The van der Waals surface area contributed by atoms with Crippen LogP contribution in [0.4, 0.5) is 17.6 Å². The van der Waals surface area contributed by atoms with Crippen LogP contribution in [-0.4, -0.2) is 6.18 Å². The minimum atomic E-state index is -4.23. The summed E-state index contributed by atoms with van der Waals surface area (Å²) >= 11 is 2.95. The van der Waals surface area contributed by atoms with Crippen molar-refractivity contribution in [1.29, 1.82) is 0 Å². The topological polar surface area (TPSA) is 26.0 Å². The Bertz CT molecular complexity index is 364. The second-order valence-corrected chi connectivity index (χ2v) is 4.29. The molecular weight excluding hydrogens is 290 g/mol. The molecule has 0 spiro atoms. The van der Waals surface area contributed by atoms with Crippen molar-refractivity contribution in [2.45, 2.75) is 25.1 Å². The van der Waals surface area contributed by atoms with Crippen molar-refractivity contribution in [1.82, 2.24) is 0 Å². The molecule has 1 atom stereocenters. The predicted octanol–water partition coefficient (Wildman–Crippen LogP) is 3.93. The monoisotopic (exact) mass is 299 g/mol. The van der Waals surface area contributed by atoms with E-state index in [0.29, 0.717) is 5.56 Å². The van der Waals surface area contributed by atoms with E-state index >= 15 is 0 Å². The van der Waals surface area contributed by atoms with Gasteiger partial charge in [-0.1, -0.05) is 6.07 Å². The Balaban J connectivity index is 2.66. The molecule has 1 unspecified atom stereocenters. The van der Waals surface area contributed by atoms with Crippen LogP contribution in [0.3, 0.4) is 0 Å². The van der Waals surface area contributed by atoms with E-state index in [0.717, 1.165) is 6.07 Å². The third-order valence-corrected chi connectivity index (χ3v) is 2.75. The van der Waals surface area contributed by atoms with Crippen molar-refractivity contribution in [3.8, 4) is 0 Å². The summed E-state index contributed by atoms with van der Waals surface area (Å²) in [5, 5.41) is 0. The number of hydrogen-bond donors (Lipinski definition) is 1. The fourth-order valence-corrected chi connectivity index (χ4v) is 1.48. The van der Waals surface area contributed by atoms with Crippen LogP contribution in [0.2, 0.25) is 0 Å². The first kappa shape index (κ1) is 13.4. The van der Waals surface area contributed by atoms with Crippen molar-refractivity contribution in [2.24, 2.45) is 5.73 Å². The molecule has 0 fully saturated rings. The van der Waals surface area contributed by atoms with E-state index in [2.05, 4.69) is 15.9 Å². The van der Waals surface area contributed by atoms with Gasteiger partial charge in [-0.05, 0) is 40.0 Å². The van der Waals surface area contributed by atoms with Gasteiger partial charge < -0.3 is 5.73 Å². The normalized spacial score (nSPS) is 13.9. The number of hydrogen-bond acceptors (Lipinski definition) is 1. The number of rotatable bonds is 3. The highest BCUT2D eigenvalue weighted by Crippen LogP contribution is 2.27. The SMILES string of the molecule is NC(CCC(F)(F)F)c1ccc(Br)c(F)c1. The average Bonchev–Trinajstić information content (AvgIpc) is 2.17. The summed E-state index contributed by atoms with van der Waals surface area (Å²) in [4.78, 5) is 0. The maximum absolute atomic E-state index is 13.1. The standard InChI is InChI=1S/C10H10BrF4N/c11-7-2-1-6(5-8(7)12)9(16)3-4-10(13,14)15/h1-2,5,9H,3-4,16H2. The Morgan fingerprint density at radius 2 is 1.94 bits per heavy atom. The van der Waals surface area contributed by atoms with Crippen molar-refractivity contribution >= 4 is 15.9 Å². The second-order valence-electron chi connectivity index (χ2n) is 3.43. The van der Waals surface area contributed by atoms with Gasteiger partial charge in [0.25, 0.3) is 0 Å². The van der Waals surface area contributed by atoms with Crippen LogP contribution in [0.15, 0.2) is 22.7 Å². The summed E-state index contributed by atoms with van der Waals surface area (Å²) in [6.07, 6.45) is -5.44.